The number of hydrogen-bond donors (Lipinski definition) is 0. The van der Waals surface area contributed by atoms with Crippen LogP contribution in [0.3, 0.4) is 0 Å². The fraction of sp³-hybridized carbons (Fsp3) is 0.696. The van der Waals surface area contributed by atoms with Crippen molar-refractivity contribution < 1.29 is 9.53 Å². The average molecular weight is 373 g/mol. The molecule has 0 N–H and O–H groups in total. The molecule has 0 bridgehead atoms. The van der Waals surface area contributed by atoms with Crippen molar-refractivity contribution in [2.75, 3.05) is 37.6 Å². The predicted octanol–water partition coefficient (Wildman–Crippen LogP) is 4.39. The van der Waals surface area contributed by atoms with E-state index < -0.39 is 0 Å². The Labute approximate surface area is 164 Å². The van der Waals surface area contributed by atoms with Gasteiger partial charge in [-0.05, 0) is 62.8 Å². The molecule has 0 saturated carbocycles. The first-order valence-corrected chi connectivity index (χ1v) is 10.8. The number of anilines is 1. The van der Waals surface area contributed by atoms with E-state index in [0.717, 1.165) is 37.4 Å². The summed E-state index contributed by atoms with van der Waals surface area (Å²) in [6.07, 6.45) is 6.69. The van der Waals surface area contributed by atoms with Crippen LogP contribution in [0.5, 0.6) is 0 Å². The summed E-state index contributed by atoms with van der Waals surface area (Å²) in [6, 6.07) is 8.02. The SMILES string of the molecule is CCC(C)CN1CCC(OC2CCN(c3ccc(C(C)=O)cc3)CC2)CC1. The van der Waals surface area contributed by atoms with Crippen LogP contribution in [0, 0.1) is 5.92 Å². The second-order valence-electron chi connectivity index (χ2n) is 8.44. The van der Waals surface area contributed by atoms with Gasteiger partial charge < -0.3 is 14.5 Å². The van der Waals surface area contributed by atoms with E-state index in [9.17, 15) is 4.79 Å². The first-order chi connectivity index (χ1) is 13.0. The molecule has 1 unspecified atom stereocenters. The number of Topliss-reactive ketones (excluding diaryl/α,β-unsaturated/α-hetero) is 1. The van der Waals surface area contributed by atoms with Gasteiger partial charge in [-0.1, -0.05) is 20.3 Å². The van der Waals surface area contributed by atoms with Crippen molar-refractivity contribution in [2.45, 2.75) is 65.1 Å². The van der Waals surface area contributed by atoms with Crippen LogP contribution in [0.1, 0.15) is 63.2 Å². The summed E-state index contributed by atoms with van der Waals surface area (Å²) in [5, 5.41) is 0. The fourth-order valence-electron chi connectivity index (χ4n) is 4.23. The third-order valence-electron chi connectivity index (χ3n) is 6.27. The van der Waals surface area contributed by atoms with Crippen LogP contribution < -0.4 is 4.90 Å². The Hall–Kier alpha value is -1.39. The fourth-order valence-corrected chi connectivity index (χ4v) is 4.23. The summed E-state index contributed by atoms with van der Waals surface area (Å²) in [7, 11) is 0. The van der Waals surface area contributed by atoms with Gasteiger partial charge in [0.25, 0.3) is 0 Å². The zero-order valence-electron chi connectivity index (χ0n) is 17.3. The molecule has 150 valence electrons. The van der Waals surface area contributed by atoms with E-state index in [1.807, 2.05) is 12.1 Å². The summed E-state index contributed by atoms with van der Waals surface area (Å²) in [5.74, 6) is 0.931. The predicted molar refractivity (Wildman–Crippen MR) is 112 cm³/mol. The van der Waals surface area contributed by atoms with Crippen LogP contribution in [0.15, 0.2) is 24.3 Å². The zero-order valence-corrected chi connectivity index (χ0v) is 17.3. The van der Waals surface area contributed by atoms with Gasteiger partial charge in [0.05, 0.1) is 12.2 Å². The molecule has 2 heterocycles. The monoisotopic (exact) mass is 372 g/mol. The van der Waals surface area contributed by atoms with E-state index in [1.165, 1.54) is 44.6 Å². The maximum Gasteiger partial charge on any atom is 0.159 e. The van der Waals surface area contributed by atoms with Crippen LogP contribution in [0.4, 0.5) is 5.69 Å². The largest absolute Gasteiger partial charge is 0.375 e. The zero-order chi connectivity index (χ0) is 19.2. The second kappa shape index (κ2) is 9.70. The molecule has 1 aromatic carbocycles. The highest BCUT2D eigenvalue weighted by atomic mass is 16.5. The van der Waals surface area contributed by atoms with Crippen LogP contribution >= 0.6 is 0 Å². The van der Waals surface area contributed by atoms with Gasteiger partial charge in [-0.15, -0.1) is 0 Å². The lowest BCUT2D eigenvalue weighted by molar-refractivity contribution is -0.0520. The van der Waals surface area contributed by atoms with Gasteiger partial charge >= 0.3 is 0 Å². The van der Waals surface area contributed by atoms with Crippen LogP contribution in [0.25, 0.3) is 0 Å². The van der Waals surface area contributed by atoms with Crippen molar-refractivity contribution in [1.29, 1.82) is 0 Å². The number of benzene rings is 1. The van der Waals surface area contributed by atoms with Gasteiger partial charge in [0.1, 0.15) is 0 Å². The van der Waals surface area contributed by atoms with Crippen molar-refractivity contribution in [2.24, 2.45) is 5.92 Å². The standard InChI is InChI=1S/C23H36N2O2/c1-4-18(2)17-24-13-9-22(10-14-24)27-23-11-15-25(16-12-23)21-7-5-20(6-8-21)19(3)26/h5-8,18,22-23H,4,9-17H2,1-3H3. The number of likely N-dealkylation sites (tertiary alicyclic amines) is 1. The minimum Gasteiger partial charge on any atom is -0.375 e. The highest BCUT2D eigenvalue weighted by molar-refractivity contribution is 5.94. The Morgan fingerprint density at radius 2 is 1.59 bits per heavy atom. The van der Waals surface area contributed by atoms with E-state index in [0.29, 0.717) is 12.2 Å². The Balaban J connectivity index is 1.39. The molecule has 0 aliphatic carbocycles. The first kappa shape index (κ1) is 20.3. The van der Waals surface area contributed by atoms with Crippen LogP contribution in [0.2, 0.25) is 0 Å². The van der Waals surface area contributed by atoms with Crippen molar-refractivity contribution in [3.63, 3.8) is 0 Å². The number of piperidine rings is 2. The smallest absolute Gasteiger partial charge is 0.159 e. The van der Waals surface area contributed by atoms with E-state index in [4.69, 9.17) is 4.74 Å². The normalized spacial score (nSPS) is 21.4. The maximum atomic E-state index is 11.4. The van der Waals surface area contributed by atoms with Gasteiger partial charge in [0, 0.05) is 44.0 Å². The molecule has 0 amide bonds. The maximum absolute atomic E-state index is 11.4. The number of carbonyl (C=O) groups is 1. The molecule has 4 nitrogen and oxygen atoms in total. The Bertz CT molecular complexity index is 585. The minimum atomic E-state index is 0.129. The topological polar surface area (TPSA) is 32.8 Å². The highest BCUT2D eigenvalue weighted by Crippen LogP contribution is 2.25. The lowest BCUT2D eigenvalue weighted by atomic mass is 10.0. The average Bonchev–Trinajstić information content (AvgIpc) is 2.70. The second-order valence-corrected chi connectivity index (χ2v) is 8.44. The van der Waals surface area contributed by atoms with Crippen molar-refractivity contribution >= 4 is 11.5 Å². The van der Waals surface area contributed by atoms with Crippen molar-refractivity contribution in [1.82, 2.24) is 4.90 Å². The molecule has 3 rings (SSSR count). The van der Waals surface area contributed by atoms with Crippen LogP contribution in [-0.4, -0.2) is 55.6 Å². The molecule has 0 radical (unpaired) electrons. The molecule has 2 aliphatic rings. The lowest BCUT2D eigenvalue weighted by Gasteiger charge is -2.38. The third kappa shape index (κ3) is 5.79. The van der Waals surface area contributed by atoms with Gasteiger partial charge in [-0.3, -0.25) is 4.79 Å². The van der Waals surface area contributed by atoms with E-state index in [-0.39, 0.29) is 5.78 Å². The number of carbonyl (C=O) groups excluding carboxylic acids is 1. The first-order valence-electron chi connectivity index (χ1n) is 10.8. The van der Waals surface area contributed by atoms with Gasteiger partial charge in [0.15, 0.2) is 5.78 Å². The van der Waals surface area contributed by atoms with Crippen molar-refractivity contribution in [3.05, 3.63) is 29.8 Å². The summed E-state index contributed by atoms with van der Waals surface area (Å²) >= 11 is 0. The quantitative estimate of drug-likeness (QED) is 0.665. The van der Waals surface area contributed by atoms with E-state index >= 15 is 0 Å². The summed E-state index contributed by atoms with van der Waals surface area (Å²) in [4.78, 5) is 16.4. The summed E-state index contributed by atoms with van der Waals surface area (Å²) < 4.78 is 6.45. The van der Waals surface area contributed by atoms with Crippen LogP contribution in [-0.2, 0) is 4.74 Å². The Morgan fingerprint density at radius 3 is 2.11 bits per heavy atom. The molecule has 2 saturated heterocycles. The molecule has 4 heteroatoms. The lowest BCUT2D eigenvalue weighted by Crippen LogP contribution is -2.43. The van der Waals surface area contributed by atoms with E-state index in [1.54, 1.807) is 6.92 Å². The Morgan fingerprint density at radius 1 is 1.04 bits per heavy atom. The molecular weight excluding hydrogens is 336 g/mol. The summed E-state index contributed by atoms with van der Waals surface area (Å²) in [5.41, 5.74) is 2.01. The number of nitrogens with zero attached hydrogens (tertiary/aromatic N) is 2. The number of rotatable bonds is 7. The summed E-state index contributed by atoms with van der Waals surface area (Å²) in [6.45, 7) is 12.0. The molecule has 27 heavy (non-hydrogen) atoms. The number of ether oxygens (including phenoxy) is 1. The number of hydrogen-bond acceptors (Lipinski definition) is 4. The third-order valence-corrected chi connectivity index (χ3v) is 6.27. The van der Waals surface area contributed by atoms with Crippen molar-refractivity contribution in [3.8, 4) is 0 Å². The molecule has 2 aliphatic heterocycles. The van der Waals surface area contributed by atoms with Gasteiger partial charge in [0.2, 0.25) is 0 Å². The molecule has 0 aromatic heterocycles. The van der Waals surface area contributed by atoms with Gasteiger partial charge in [-0.2, -0.15) is 0 Å². The van der Waals surface area contributed by atoms with E-state index in [2.05, 4.69) is 35.8 Å². The molecule has 2 fully saturated rings. The highest BCUT2D eigenvalue weighted by Gasteiger charge is 2.26. The molecular formula is C23H36N2O2. The minimum absolute atomic E-state index is 0.129. The number of ketones is 1. The molecule has 1 aromatic rings. The molecule has 1 atom stereocenters. The Kier molecular flexibility index (Phi) is 7.31. The molecule has 0 spiro atoms. The van der Waals surface area contributed by atoms with Gasteiger partial charge in [-0.25, -0.2) is 0 Å².